The van der Waals surface area contributed by atoms with Gasteiger partial charge in [-0.2, -0.15) is 4.98 Å². The van der Waals surface area contributed by atoms with Crippen LogP contribution in [-0.4, -0.2) is 4.98 Å². The van der Waals surface area contributed by atoms with Crippen LogP contribution in [0.5, 0.6) is 11.6 Å². The van der Waals surface area contributed by atoms with Crippen molar-refractivity contribution in [2.75, 3.05) is 5.73 Å². The smallest absolute Gasteiger partial charge is 0.240 e. The molecule has 0 radical (unpaired) electrons. The maximum atomic E-state index is 5.92. The van der Waals surface area contributed by atoms with Gasteiger partial charge in [0.15, 0.2) is 0 Å². The lowest BCUT2D eigenvalue weighted by Gasteiger charge is -2.07. The highest BCUT2D eigenvalue weighted by Gasteiger charge is 2.08. The van der Waals surface area contributed by atoms with E-state index in [1.807, 2.05) is 18.2 Å². The normalized spacial score (nSPS) is 10.1. The number of hydrogen-bond donors (Lipinski definition) is 1. The molecule has 2 N–H and O–H groups in total. The fraction of sp³-hybridized carbons (Fsp3) is 0. The monoisotopic (exact) mass is 254 g/mol. The Morgan fingerprint density at radius 1 is 1.06 bits per heavy atom. The quantitative estimate of drug-likeness (QED) is 0.888. The molecule has 16 heavy (non-hydrogen) atoms. The number of halogens is 2. The third-order valence-corrected chi connectivity index (χ3v) is 2.46. The van der Waals surface area contributed by atoms with Gasteiger partial charge in [-0.05, 0) is 18.2 Å². The van der Waals surface area contributed by atoms with Gasteiger partial charge < -0.3 is 10.5 Å². The van der Waals surface area contributed by atoms with E-state index >= 15 is 0 Å². The Labute approximate surface area is 103 Å². The van der Waals surface area contributed by atoms with Crippen LogP contribution >= 0.6 is 23.2 Å². The third kappa shape index (κ3) is 2.38. The highest BCUT2D eigenvalue weighted by molar-refractivity contribution is 6.36. The molecule has 0 amide bonds. The number of nitrogens with zero attached hydrogens (tertiary/aromatic N) is 1. The number of rotatable bonds is 2. The van der Waals surface area contributed by atoms with Crippen LogP contribution in [0, 0.1) is 0 Å². The highest BCUT2D eigenvalue weighted by Crippen LogP contribution is 2.31. The minimum absolute atomic E-state index is 0.192. The van der Waals surface area contributed by atoms with E-state index in [2.05, 4.69) is 4.98 Å². The average Bonchev–Trinajstić information content (AvgIpc) is 2.27. The summed E-state index contributed by atoms with van der Waals surface area (Å²) in [6, 6.07) is 10.7. The van der Waals surface area contributed by atoms with Gasteiger partial charge in [0.1, 0.15) is 16.6 Å². The lowest BCUT2D eigenvalue weighted by atomic mass is 10.3. The molecule has 0 aliphatic carbocycles. The molecule has 1 aromatic heterocycles. The van der Waals surface area contributed by atoms with Crippen molar-refractivity contribution < 1.29 is 4.74 Å². The molecule has 0 saturated heterocycles. The fourth-order valence-corrected chi connectivity index (χ4v) is 1.53. The highest BCUT2D eigenvalue weighted by atomic mass is 35.5. The van der Waals surface area contributed by atoms with Gasteiger partial charge in [-0.1, -0.05) is 41.4 Å². The van der Waals surface area contributed by atoms with Gasteiger partial charge in [0.2, 0.25) is 5.88 Å². The van der Waals surface area contributed by atoms with E-state index in [0.717, 1.165) is 0 Å². The summed E-state index contributed by atoms with van der Waals surface area (Å²) in [6.07, 6.45) is 0. The van der Waals surface area contributed by atoms with Gasteiger partial charge in [-0.25, -0.2) is 0 Å². The van der Waals surface area contributed by atoms with Crippen molar-refractivity contribution in [1.82, 2.24) is 4.98 Å². The maximum absolute atomic E-state index is 5.92. The number of para-hydroxylation sites is 1. The second-order valence-corrected chi connectivity index (χ2v) is 3.87. The molecule has 0 spiro atoms. The van der Waals surface area contributed by atoms with E-state index in [4.69, 9.17) is 33.7 Å². The Hall–Kier alpha value is -1.45. The molecule has 1 heterocycles. The Kier molecular flexibility index (Phi) is 3.17. The lowest BCUT2D eigenvalue weighted by Crippen LogP contribution is -1.95. The van der Waals surface area contributed by atoms with Crippen LogP contribution in [0.15, 0.2) is 36.4 Å². The van der Waals surface area contributed by atoms with E-state index in [1.54, 1.807) is 12.1 Å². The molecule has 2 aromatic rings. The van der Waals surface area contributed by atoms with Crippen LogP contribution in [0.4, 0.5) is 5.82 Å². The summed E-state index contributed by atoms with van der Waals surface area (Å²) in [7, 11) is 0. The standard InChI is InChI=1S/C11H8Cl2N2O/c12-8-6-9(13)11(15-10(8)14)16-7-4-2-1-3-5-7/h1-6H,(H2,14,15). The minimum atomic E-state index is 0.192. The van der Waals surface area contributed by atoms with Crippen LogP contribution in [0.25, 0.3) is 0 Å². The Morgan fingerprint density at radius 3 is 2.44 bits per heavy atom. The minimum Gasteiger partial charge on any atom is -0.437 e. The van der Waals surface area contributed by atoms with Gasteiger partial charge in [0, 0.05) is 0 Å². The number of anilines is 1. The molecule has 5 heteroatoms. The first-order chi connectivity index (χ1) is 7.66. The number of nitrogens with two attached hydrogens (primary N) is 1. The summed E-state index contributed by atoms with van der Waals surface area (Å²) >= 11 is 11.7. The first-order valence-electron chi connectivity index (χ1n) is 4.51. The predicted octanol–water partition coefficient (Wildman–Crippen LogP) is 3.76. The molecule has 0 saturated carbocycles. The average molecular weight is 255 g/mol. The van der Waals surface area contributed by atoms with Crippen LogP contribution in [0.1, 0.15) is 0 Å². The van der Waals surface area contributed by atoms with Crippen LogP contribution in [0.2, 0.25) is 10.0 Å². The Morgan fingerprint density at radius 2 is 1.75 bits per heavy atom. The van der Waals surface area contributed by atoms with Gasteiger partial charge in [-0.15, -0.1) is 0 Å². The molecule has 0 unspecified atom stereocenters. The summed E-state index contributed by atoms with van der Waals surface area (Å²) in [5, 5.41) is 0.633. The van der Waals surface area contributed by atoms with E-state index < -0.39 is 0 Å². The first-order valence-corrected chi connectivity index (χ1v) is 5.27. The van der Waals surface area contributed by atoms with Crippen molar-refractivity contribution in [3.8, 4) is 11.6 Å². The largest absolute Gasteiger partial charge is 0.437 e. The number of nitrogen functional groups attached to an aromatic ring is 1. The first kappa shape index (κ1) is 11.0. The third-order valence-electron chi connectivity index (χ3n) is 1.88. The van der Waals surface area contributed by atoms with Gasteiger partial charge in [0.25, 0.3) is 0 Å². The molecule has 2 rings (SSSR count). The topological polar surface area (TPSA) is 48.1 Å². The summed E-state index contributed by atoms with van der Waals surface area (Å²) in [6.45, 7) is 0. The van der Waals surface area contributed by atoms with Crippen molar-refractivity contribution in [2.24, 2.45) is 0 Å². The fourth-order valence-electron chi connectivity index (χ4n) is 1.13. The van der Waals surface area contributed by atoms with Crippen LogP contribution < -0.4 is 10.5 Å². The van der Waals surface area contributed by atoms with E-state index in [1.165, 1.54) is 6.07 Å². The maximum Gasteiger partial charge on any atom is 0.240 e. The second kappa shape index (κ2) is 4.60. The lowest BCUT2D eigenvalue weighted by molar-refractivity contribution is 0.464. The van der Waals surface area contributed by atoms with Crippen LogP contribution in [-0.2, 0) is 0 Å². The number of benzene rings is 1. The molecule has 0 aliphatic rings. The van der Waals surface area contributed by atoms with Crippen molar-refractivity contribution in [3.05, 3.63) is 46.4 Å². The molecule has 82 valence electrons. The number of aromatic nitrogens is 1. The summed E-state index contributed by atoms with van der Waals surface area (Å²) in [4.78, 5) is 3.96. The molecule has 0 atom stereocenters. The van der Waals surface area contributed by atoms with E-state index in [0.29, 0.717) is 15.8 Å². The van der Waals surface area contributed by atoms with Crippen LogP contribution in [0.3, 0.4) is 0 Å². The molecular formula is C11H8Cl2N2O. The number of hydrogen-bond acceptors (Lipinski definition) is 3. The zero-order valence-corrected chi connectivity index (χ0v) is 9.66. The summed E-state index contributed by atoms with van der Waals surface area (Å²) in [5.74, 6) is 1.07. The van der Waals surface area contributed by atoms with Crippen molar-refractivity contribution in [1.29, 1.82) is 0 Å². The van der Waals surface area contributed by atoms with Gasteiger partial charge in [-0.3, -0.25) is 0 Å². The Bertz CT molecular complexity index is 503. The van der Waals surface area contributed by atoms with E-state index in [9.17, 15) is 0 Å². The molecule has 0 aliphatic heterocycles. The molecule has 3 nitrogen and oxygen atoms in total. The van der Waals surface area contributed by atoms with Crippen molar-refractivity contribution >= 4 is 29.0 Å². The van der Waals surface area contributed by atoms with Gasteiger partial charge in [0.05, 0.1) is 5.02 Å². The molecule has 0 fully saturated rings. The molecule has 1 aromatic carbocycles. The zero-order chi connectivity index (χ0) is 11.5. The molecule has 0 bridgehead atoms. The van der Waals surface area contributed by atoms with E-state index in [-0.39, 0.29) is 11.7 Å². The van der Waals surface area contributed by atoms with Crippen molar-refractivity contribution in [3.63, 3.8) is 0 Å². The van der Waals surface area contributed by atoms with Crippen molar-refractivity contribution in [2.45, 2.75) is 0 Å². The molecular weight excluding hydrogens is 247 g/mol. The SMILES string of the molecule is Nc1nc(Oc2ccccc2)c(Cl)cc1Cl. The number of pyridine rings is 1. The predicted molar refractivity (Wildman–Crippen MR) is 65.2 cm³/mol. The van der Waals surface area contributed by atoms with Gasteiger partial charge >= 0.3 is 0 Å². The second-order valence-electron chi connectivity index (χ2n) is 3.06. The zero-order valence-electron chi connectivity index (χ0n) is 8.15. The Balaban J connectivity index is 2.32. The summed E-state index contributed by atoms with van der Waals surface area (Å²) in [5.41, 5.74) is 5.56. The summed E-state index contributed by atoms with van der Waals surface area (Å²) < 4.78 is 5.46. The number of ether oxygens (including phenoxy) is 1.